The number of aromatic nitrogens is 5. The quantitative estimate of drug-likeness (QED) is 0.386. The van der Waals surface area contributed by atoms with E-state index < -0.39 is 11.6 Å². The lowest BCUT2D eigenvalue weighted by Gasteiger charge is -2.08. The Labute approximate surface area is 181 Å². The maximum absolute atomic E-state index is 14.1. The summed E-state index contributed by atoms with van der Waals surface area (Å²) in [5, 5.41) is 4.70. The van der Waals surface area contributed by atoms with Crippen molar-refractivity contribution in [2.24, 2.45) is 0 Å². The van der Waals surface area contributed by atoms with Gasteiger partial charge in [-0.2, -0.15) is 5.10 Å². The Kier molecular flexibility index (Phi) is 4.07. The number of hydrogen-bond acceptors (Lipinski definition) is 3. The number of nitrogens with one attached hydrogen (secondary N) is 1. The molecule has 5 nitrogen and oxygen atoms in total. The van der Waals surface area contributed by atoms with Crippen LogP contribution < -0.4 is 0 Å². The van der Waals surface area contributed by atoms with Gasteiger partial charge in [0, 0.05) is 17.2 Å². The Morgan fingerprint density at radius 3 is 2.31 bits per heavy atom. The van der Waals surface area contributed by atoms with Crippen LogP contribution in [0, 0.1) is 11.6 Å². The van der Waals surface area contributed by atoms with Gasteiger partial charge in [-0.25, -0.2) is 23.3 Å². The normalized spacial score (nSPS) is 11.4. The molecule has 0 fully saturated rings. The molecule has 7 heteroatoms. The fraction of sp³-hybridized carbons (Fsp3) is 0. The number of hydrogen-bond donors (Lipinski definition) is 1. The van der Waals surface area contributed by atoms with Gasteiger partial charge < -0.3 is 4.98 Å². The van der Waals surface area contributed by atoms with E-state index in [4.69, 9.17) is 10.1 Å². The fourth-order valence-corrected chi connectivity index (χ4v) is 3.78. The number of para-hydroxylation sites is 2. The predicted octanol–water partition coefficient (Wildman–Crippen LogP) is 5.88. The largest absolute Gasteiger partial charge is 0.337 e. The molecular weight excluding hydrogens is 408 g/mol. The van der Waals surface area contributed by atoms with E-state index in [9.17, 15) is 8.78 Å². The van der Waals surface area contributed by atoms with Crippen LogP contribution in [0.25, 0.3) is 50.7 Å². The van der Waals surface area contributed by atoms with E-state index in [0.717, 1.165) is 34.4 Å². The van der Waals surface area contributed by atoms with E-state index in [-0.39, 0.29) is 0 Å². The zero-order chi connectivity index (χ0) is 21.7. The van der Waals surface area contributed by atoms with Crippen LogP contribution in [0.3, 0.4) is 0 Å². The van der Waals surface area contributed by atoms with Gasteiger partial charge in [-0.3, -0.25) is 0 Å². The summed E-state index contributed by atoms with van der Waals surface area (Å²) in [6, 6.07) is 24.9. The van der Waals surface area contributed by atoms with Crippen molar-refractivity contribution in [2.75, 3.05) is 0 Å². The highest BCUT2D eigenvalue weighted by Gasteiger charge is 2.16. The Bertz CT molecular complexity index is 1570. The zero-order valence-corrected chi connectivity index (χ0v) is 16.6. The van der Waals surface area contributed by atoms with Crippen LogP contribution in [0.4, 0.5) is 8.78 Å². The second kappa shape index (κ2) is 7.09. The second-order valence-electron chi connectivity index (χ2n) is 7.42. The van der Waals surface area contributed by atoms with E-state index in [1.807, 2.05) is 60.7 Å². The number of nitrogens with zero attached hydrogens (tertiary/aromatic N) is 4. The minimum atomic E-state index is -0.923. The Morgan fingerprint density at radius 2 is 1.50 bits per heavy atom. The van der Waals surface area contributed by atoms with Gasteiger partial charge in [-0.05, 0) is 36.4 Å². The van der Waals surface area contributed by atoms with Crippen molar-refractivity contribution in [3.05, 3.63) is 96.6 Å². The fourth-order valence-electron chi connectivity index (χ4n) is 3.78. The summed E-state index contributed by atoms with van der Waals surface area (Å²) in [7, 11) is 0. The first-order valence-corrected chi connectivity index (χ1v) is 10.0. The molecule has 3 aromatic heterocycles. The van der Waals surface area contributed by atoms with Crippen LogP contribution in [0.2, 0.25) is 0 Å². The molecule has 0 saturated heterocycles. The molecule has 6 rings (SSSR count). The first kappa shape index (κ1) is 18.4. The van der Waals surface area contributed by atoms with Gasteiger partial charge in [0.05, 0.1) is 22.4 Å². The summed E-state index contributed by atoms with van der Waals surface area (Å²) in [4.78, 5) is 12.7. The number of aromatic amines is 1. The average molecular weight is 423 g/mol. The molecule has 3 aromatic carbocycles. The monoisotopic (exact) mass is 423 g/mol. The van der Waals surface area contributed by atoms with E-state index >= 15 is 0 Å². The minimum Gasteiger partial charge on any atom is -0.337 e. The van der Waals surface area contributed by atoms with Gasteiger partial charge in [0.1, 0.15) is 5.69 Å². The lowest BCUT2D eigenvalue weighted by molar-refractivity contribution is 0.509. The number of rotatable bonds is 3. The molecular formula is C25H15F2N5. The number of benzene rings is 3. The van der Waals surface area contributed by atoms with Crippen LogP contribution in [-0.4, -0.2) is 24.6 Å². The van der Waals surface area contributed by atoms with Crippen LogP contribution in [0.5, 0.6) is 0 Å². The summed E-state index contributed by atoms with van der Waals surface area (Å²) < 4.78 is 29.3. The highest BCUT2D eigenvalue weighted by Crippen LogP contribution is 2.29. The lowest BCUT2D eigenvalue weighted by Crippen LogP contribution is -2.00. The number of halogens is 2. The third kappa shape index (κ3) is 3.02. The van der Waals surface area contributed by atoms with Crippen molar-refractivity contribution in [3.8, 4) is 34.0 Å². The maximum Gasteiger partial charge on any atom is 0.159 e. The van der Waals surface area contributed by atoms with E-state index in [1.54, 1.807) is 10.6 Å². The number of fused-ring (bicyclic) bond motifs is 2. The molecule has 0 aliphatic rings. The Hall–Kier alpha value is -4.39. The molecule has 32 heavy (non-hydrogen) atoms. The second-order valence-corrected chi connectivity index (χ2v) is 7.42. The van der Waals surface area contributed by atoms with E-state index in [2.05, 4.69) is 9.97 Å². The highest BCUT2D eigenvalue weighted by atomic mass is 19.2. The maximum atomic E-state index is 14.1. The van der Waals surface area contributed by atoms with Gasteiger partial charge in [-0.15, -0.1) is 0 Å². The first-order chi connectivity index (χ1) is 15.7. The topological polar surface area (TPSA) is 58.9 Å². The molecule has 3 heterocycles. The molecule has 0 saturated carbocycles. The highest BCUT2D eigenvalue weighted by molar-refractivity contribution is 5.80. The lowest BCUT2D eigenvalue weighted by atomic mass is 10.1. The summed E-state index contributed by atoms with van der Waals surface area (Å²) in [6.07, 6.45) is 0. The van der Waals surface area contributed by atoms with E-state index in [1.165, 1.54) is 6.07 Å². The SMILES string of the molecule is Fc1ccc(-c2cc(-c3nc4ccccc4[nH]3)nc3cc(-c4ccccc4)nn23)cc1F. The molecule has 0 atom stereocenters. The van der Waals surface area contributed by atoms with Crippen molar-refractivity contribution in [1.29, 1.82) is 0 Å². The van der Waals surface area contributed by atoms with Gasteiger partial charge in [0.15, 0.2) is 23.1 Å². The zero-order valence-electron chi connectivity index (χ0n) is 16.6. The summed E-state index contributed by atoms with van der Waals surface area (Å²) in [6.45, 7) is 0. The van der Waals surface area contributed by atoms with Crippen LogP contribution >= 0.6 is 0 Å². The van der Waals surface area contributed by atoms with Crippen molar-refractivity contribution in [3.63, 3.8) is 0 Å². The standard InChI is InChI=1S/C25H15F2N5/c26-17-11-10-16(12-18(17)27)23-13-22(25-29-19-8-4-5-9-20(19)30-25)28-24-14-21(31-32(23)24)15-6-2-1-3-7-15/h1-14H,(H,29,30). The molecule has 6 aromatic rings. The third-order valence-electron chi connectivity index (χ3n) is 5.34. The molecule has 0 unspecified atom stereocenters. The summed E-state index contributed by atoms with van der Waals surface area (Å²) in [5.74, 6) is -1.24. The van der Waals surface area contributed by atoms with E-state index in [0.29, 0.717) is 28.4 Å². The van der Waals surface area contributed by atoms with Gasteiger partial charge in [-0.1, -0.05) is 42.5 Å². The van der Waals surface area contributed by atoms with Crippen LogP contribution in [0.15, 0.2) is 84.9 Å². The number of imidazole rings is 1. The minimum absolute atomic E-state index is 0.483. The Balaban J connectivity index is 1.61. The summed E-state index contributed by atoms with van der Waals surface area (Å²) >= 11 is 0. The molecule has 0 bridgehead atoms. The Morgan fingerprint density at radius 1 is 0.688 bits per heavy atom. The van der Waals surface area contributed by atoms with Crippen molar-refractivity contribution in [2.45, 2.75) is 0 Å². The average Bonchev–Trinajstić information content (AvgIpc) is 3.45. The first-order valence-electron chi connectivity index (χ1n) is 10.0. The molecule has 1 N–H and O–H groups in total. The number of H-pyrrole nitrogens is 1. The molecule has 154 valence electrons. The van der Waals surface area contributed by atoms with Gasteiger partial charge in [0.25, 0.3) is 0 Å². The van der Waals surface area contributed by atoms with Crippen molar-refractivity contribution < 1.29 is 8.78 Å². The predicted molar refractivity (Wildman–Crippen MR) is 119 cm³/mol. The van der Waals surface area contributed by atoms with Crippen molar-refractivity contribution >= 4 is 16.7 Å². The van der Waals surface area contributed by atoms with Crippen LogP contribution in [-0.2, 0) is 0 Å². The van der Waals surface area contributed by atoms with Crippen molar-refractivity contribution in [1.82, 2.24) is 24.6 Å². The smallest absolute Gasteiger partial charge is 0.159 e. The third-order valence-corrected chi connectivity index (χ3v) is 5.34. The summed E-state index contributed by atoms with van der Waals surface area (Å²) in [5.41, 5.74) is 5.56. The molecule has 0 radical (unpaired) electrons. The van der Waals surface area contributed by atoms with Gasteiger partial charge in [0.2, 0.25) is 0 Å². The molecule has 0 aliphatic carbocycles. The molecule has 0 aliphatic heterocycles. The van der Waals surface area contributed by atoms with Gasteiger partial charge >= 0.3 is 0 Å². The van der Waals surface area contributed by atoms with Crippen LogP contribution in [0.1, 0.15) is 0 Å². The molecule has 0 spiro atoms. The molecule has 0 amide bonds.